The first-order chi connectivity index (χ1) is 18.2. The number of thioether (sulfide) groups is 1. The molecule has 0 bridgehead atoms. The van der Waals surface area contributed by atoms with Gasteiger partial charge >= 0.3 is 0 Å². The third-order valence-corrected chi connectivity index (χ3v) is 6.98. The van der Waals surface area contributed by atoms with Crippen LogP contribution in [0.15, 0.2) is 71.6 Å². The number of hydrogen-bond donors (Lipinski definition) is 2. The molecule has 0 spiro atoms. The van der Waals surface area contributed by atoms with Crippen LogP contribution >= 0.6 is 24.0 Å². The van der Waals surface area contributed by atoms with E-state index in [-0.39, 0.29) is 16.8 Å². The van der Waals surface area contributed by atoms with Crippen LogP contribution in [-0.2, 0) is 9.59 Å². The fourth-order valence-electron chi connectivity index (χ4n) is 3.52. The van der Waals surface area contributed by atoms with Crippen LogP contribution in [0.25, 0.3) is 6.08 Å². The van der Waals surface area contributed by atoms with Gasteiger partial charge in [-0.2, -0.15) is 5.01 Å². The highest BCUT2D eigenvalue weighted by molar-refractivity contribution is 8.26. The monoisotopic (exact) mass is 547 g/mol. The Hall–Kier alpha value is -4.15. The minimum absolute atomic E-state index is 0.206. The van der Waals surface area contributed by atoms with Gasteiger partial charge in [0.2, 0.25) is 0 Å². The summed E-state index contributed by atoms with van der Waals surface area (Å²) in [6, 6.07) is 19.3. The summed E-state index contributed by atoms with van der Waals surface area (Å²) in [5.41, 5.74) is 6.54. The summed E-state index contributed by atoms with van der Waals surface area (Å²) in [6.45, 7) is 3.78. The number of carbonyl (C=O) groups is 3. The number of thiocarbonyl (C=S) groups is 1. The highest BCUT2D eigenvalue weighted by Gasteiger charge is 2.33. The highest BCUT2D eigenvalue weighted by Crippen LogP contribution is 2.34. The van der Waals surface area contributed by atoms with E-state index >= 15 is 0 Å². The number of amides is 3. The molecule has 0 aliphatic carbocycles. The number of carbonyl (C=O) groups excluding carboxylic acids is 3. The third-order valence-electron chi connectivity index (χ3n) is 5.68. The molecule has 10 heteroatoms. The predicted octanol–water partition coefficient (Wildman–Crippen LogP) is 4.88. The molecule has 3 aromatic rings. The molecule has 3 amide bonds. The van der Waals surface area contributed by atoms with Crippen molar-refractivity contribution in [3.63, 3.8) is 0 Å². The second kappa shape index (κ2) is 11.9. The first kappa shape index (κ1) is 26.9. The van der Waals surface area contributed by atoms with E-state index < -0.39 is 11.8 Å². The Balaban J connectivity index is 1.40. The van der Waals surface area contributed by atoms with Crippen molar-refractivity contribution >= 4 is 57.8 Å². The van der Waals surface area contributed by atoms with Gasteiger partial charge in [0.25, 0.3) is 17.7 Å². The number of ether oxygens (including phenoxy) is 2. The van der Waals surface area contributed by atoms with E-state index in [1.807, 2.05) is 32.0 Å². The topological polar surface area (TPSA) is 97.0 Å². The van der Waals surface area contributed by atoms with Crippen LogP contribution in [0.1, 0.15) is 27.0 Å². The number of aryl methyl sites for hydroxylation is 2. The molecule has 1 saturated heterocycles. The van der Waals surface area contributed by atoms with Gasteiger partial charge in [-0.25, -0.2) is 0 Å². The van der Waals surface area contributed by atoms with E-state index in [0.29, 0.717) is 33.2 Å². The summed E-state index contributed by atoms with van der Waals surface area (Å²) in [4.78, 5) is 38.1. The van der Waals surface area contributed by atoms with Crippen molar-refractivity contribution in [2.45, 2.75) is 13.8 Å². The number of hydrogen-bond acceptors (Lipinski definition) is 7. The summed E-state index contributed by atoms with van der Waals surface area (Å²) >= 11 is 6.38. The van der Waals surface area contributed by atoms with E-state index in [1.54, 1.807) is 54.6 Å². The molecule has 194 valence electrons. The lowest BCUT2D eigenvalue weighted by Gasteiger charge is -2.15. The van der Waals surface area contributed by atoms with Crippen molar-refractivity contribution in [1.82, 2.24) is 10.4 Å². The van der Waals surface area contributed by atoms with Crippen LogP contribution in [0.5, 0.6) is 11.5 Å². The molecule has 0 aromatic heterocycles. The van der Waals surface area contributed by atoms with E-state index in [4.69, 9.17) is 21.7 Å². The van der Waals surface area contributed by atoms with Crippen LogP contribution in [0.3, 0.4) is 0 Å². The zero-order chi connectivity index (χ0) is 27.2. The van der Waals surface area contributed by atoms with E-state index in [0.717, 1.165) is 27.9 Å². The quantitative estimate of drug-likeness (QED) is 0.307. The number of rotatable bonds is 8. The van der Waals surface area contributed by atoms with E-state index in [1.165, 1.54) is 7.11 Å². The van der Waals surface area contributed by atoms with Crippen LogP contribution in [0, 0.1) is 13.8 Å². The van der Waals surface area contributed by atoms with Gasteiger partial charge in [0.05, 0.1) is 12.0 Å². The average molecular weight is 548 g/mol. The van der Waals surface area contributed by atoms with Gasteiger partial charge in [0.1, 0.15) is 0 Å². The van der Waals surface area contributed by atoms with Crippen LogP contribution < -0.4 is 20.2 Å². The third kappa shape index (κ3) is 6.39. The fourth-order valence-corrected chi connectivity index (χ4v) is 4.70. The molecule has 8 nitrogen and oxygen atoms in total. The molecular weight excluding hydrogens is 522 g/mol. The lowest BCUT2D eigenvalue weighted by molar-refractivity contribution is -0.123. The summed E-state index contributed by atoms with van der Waals surface area (Å²) < 4.78 is 11.3. The molecule has 2 N–H and O–H groups in total. The Labute approximate surface area is 230 Å². The van der Waals surface area contributed by atoms with Crippen molar-refractivity contribution < 1.29 is 23.9 Å². The second-order valence-corrected chi connectivity index (χ2v) is 10.0. The lowest BCUT2D eigenvalue weighted by atomic mass is 10.1. The minimum atomic E-state index is -0.438. The van der Waals surface area contributed by atoms with Crippen LogP contribution in [0.2, 0.25) is 0 Å². The maximum atomic E-state index is 12.9. The Morgan fingerprint density at radius 1 is 1.00 bits per heavy atom. The largest absolute Gasteiger partial charge is 0.493 e. The average Bonchev–Trinajstić information content (AvgIpc) is 3.17. The summed E-state index contributed by atoms with van der Waals surface area (Å²) in [6.07, 6.45) is 1.65. The molecule has 0 unspecified atom stereocenters. The van der Waals surface area contributed by atoms with Gasteiger partial charge in [0, 0.05) is 11.3 Å². The number of anilines is 1. The normalized spacial score (nSPS) is 14.0. The van der Waals surface area contributed by atoms with Crippen molar-refractivity contribution in [3.05, 3.63) is 93.9 Å². The number of hydrazine groups is 1. The van der Waals surface area contributed by atoms with Crippen LogP contribution in [0.4, 0.5) is 5.69 Å². The SMILES string of the molecule is COc1cc(/C=C2\SC(=S)N(NC(=O)c3ccccc3)C2=O)ccc1OCC(=O)Nc1ccc(C)c(C)c1. The van der Waals surface area contributed by atoms with Gasteiger partial charge in [-0.3, -0.25) is 19.8 Å². The Morgan fingerprint density at radius 3 is 2.47 bits per heavy atom. The fraction of sp³-hybridized carbons (Fsp3) is 0.143. The van der Waals surface area contributed by atoms with Gasteiger partial charge in [-0.15, -0.1) is 0 Å². The lowest BCUT2D eigenvalue weighted by Crippen LogP contribution is -2.44. The van der Waals surface area contributed by atoms with Crippen molar-refractivity contribution in [1.29, 1.82) is 0 Å². The Kier molecular flexibility index (Phi) is 8.45. The minimum Gasteiger partial charge on any atom is -0.493 e. The molecule has 0 radical (unpaired) electrons. The number of methoxy groups -OCH3 is 1. The second-order valence-electron chi connectivity index (χ2n) is 8.37. The highest BCUT2D eigenvalue weighted by atomic mass is 32.2. The van der Waals surface area contributed by atoms with Crippen LogP contribution in [-0.4, -0.2) is 40.8 Å². The Morgan fingerprint density at radius 2 is 1.76 bits per heavy atom. The first-order valence-electron chi connectivity index (χ1n) is 11.6. The molecule has 3 aromatic carbocycles. The van der Waals surface area contributed by atoms with Crippen molar-refractivity contribution in [2.24, 2.45) is 0 Å². The van der Waals surface area contributed by atoms with E-state index in [2.05, 4.69) is 10.7 Å². The number of nitrogens with zero attached hydrogens (tertiary/aromatic N) is 1. The predicted molar refractivity (Wildman–Crippen MR) is 152 cm³/mol. The Bertz CT molecular complexity index is 1440. The smallest absolute Gasteiger partial charge is 0.285 e. The summed E-state index contributed by atoms with van der Waals surface area (Å²) in [5.74, 6) is -0.409. The first-order valence-corrected chi connectivity index (χ1v) is 12.8. The van der Waals surface area contributed by atoms with Gasteiger partial charge in [0.15, 0.2) is 22.4 Å². The molecule has 38 heavy (non-hydrogen) atoms. The van der Waals surface area contributed by atoms with Crippen molar-refractivity contribution in [2.75, 3.05) is 19.0 Å². The number of benzene rings is 3. The molecular formula is C28H25N3O5S2. The maximum absolute atomic E-state index is 12.9. The van der Waals surface area contributed by atoms with Gasteiger partial charge in [-0.1, -0.05) is 42.1 Å². The van der Waals surface area contributed by atoms with Crippen molar-refractivity contribution in [3.8, 4) is 11.5 Å². The summed E-state index contributed by atoms with van der Waals surface area (Å²) in [7, 11) is 1.49. The molecule has 0 atom stereocenters. The molecule has 4 rings (SSSR count). The molecule has 1 aliphatic rings. The zero-order valence-electron chi connectivity index (χ0n) is 20.9. The standard InChI is InChI=1S/C28H25N3O5S2/c1-17-9-11-21(13-18(17)2)29-25(32)16-36-22-12-10-19(14-23(22)35-3)15-24-27(34)31(28(37)38-24)30-26(33)20-7-5-4-6-8-20/h4-15H,16H2,1-3H3,(H,29,32)(H,30,33)/b24-15-. The summed E-state index contributed by atoms with van der Waals surface area (Å²) in [5, 5.41) is 3.87. The number of nitrogens with one attached hydrogen (secondary N) is 2. The van der Waals surface area contributed by atoms with E-state index in [9.17, 15) is 14.4 Å². The maximum Gasteiger partial charge on any atom is 0.285 e. The molecule has 1 fully saturated rings. The zero-order valence-corrected chi connectivity index (χ0v) is 22.6. The molecule has 1 aliphatic heterocycles. The molecule has 0 saturated carbocycles. The molecule has 1 heterocycles. The van der Waals surface area contributed by atoms with Gasteiger partial charge < -0.3 is 14.8 Å². The van der Waals surface area contributed by atoms with Gasteiger partial charge in [-0.05, 0) is 85.2 Å².